The quantitative estimate of drug-likeness (QED) is 0.674. The highest BCUT2D eigenvalue weighted by Gasteiger charge is 2.20. The van der Waals surface area contributed by atoms with Crippen LogP contribution in [0, 0.1) is 0 Å². The van der Waals surface area contributed by atoms with Gasteiger partial charge < -0.3 is 19.1 Å². The van der Waals surface area contributed by atoms with Gasteiger partial charge in [-0.25, -0.2) is 19.9 Å². The highest BCUT2D eigenvalue weighted by atomic mass is 16.5. The Morgan fingerprint density at radius 3 is 2.40 bits per heavy atom. The fraction of sp³-hybridized carbons (Fsp3) is 0.294. The van der Waals surface area contributed by atoms with Gasteiger partial charge in [-0.2, -0.15) is 0 Å². The Balaban J connectivity index is 2.13. The van der Waals surface area contributed by atoms with Gasteiger partial charge in [-0.1, -0.05) is 0 Å². The van der Waals surface area contributed by atoms with Crippen LogP contribution in [-0.4, -0.2) is 48.3 Å². The molecule has 0 unspecified atom stereocenters. The van der Waals surface area contributed by atoms with E-state index in [1.165, 1.54) is 12.7 Å². The van der Waals surface area contributed by atoms with Crippen LogP contribution in [0.4, 0.5) is 5.82 Å². The molecule has 0 saturated heterocycles. The van der Waals surface area contributed by atoms with Gasteiger partial charge in [0.2, 0.25) is 5.75 Å². The third kappa shape index (κ3) is 3.10. The molecule has 0 spiro atoms. The standard InChI is InChI=1S/C17H19N5O3/c1-22(8-11-5-6-18-9-19-11)17-12-7-13(23-2)15(24-3)16(25-4)14(12)20-10-21-17/h5-7,9-10H,8H2,1-4H3. The second kappa shape index (κ2) is 7.16. The topological polar surface area (TPSA) is 82.5 Å². The van der Waals surface area contributed by atoms with Gasteiger partial charge in [-0.05, 0) is 12.1 Å². The Kier molecular flexibility index (Phi) is 4.78. The fourth-order valence-electron chi connectivity index (χ4n) is 2.68. The highest BCUT2D eigenvalue weighted by Crippen LogP contribution is 2.44. The maximum Gasteiger partial charge on any atom is 0.205 e. The van der Waals surface area contributed by atoms with Crippen LogP contribution < -0.4 is 19.1 Å². The molecule has 3 aromatic rings. The van der Waals surface area contributed by atoms with Crippen molar-refractivity contribution in [3.05, 3.63) is 36.7 Å². The predicted molar refractivity (Wildman–Crippen MR) is 93.3 cm³/mol. The molecule has 0 N–H and O–H groups in total. The molecule has 0 aliphatic heterocycles. The summed E-state index contributed by atoms with van der Waals surface area (Å²) in [5.74, 6) is 2.30. The molecule has 2 aromatic heterocycles. The molecule has 130 valence electrons. The third-order valence-electron chi connectivity index (χ3n) is 3.82. The summed E-state index contributed by atoms with van der Waals surface area (Å²) in [6.45, 7) is 0.575. The number of rotatable bonds is 6. The Morgan fingerprint density at radius 2 is 1.76 bits per heavy atom. The second-order valence-electron chi connectivity index (χ2n) is 5.30. The summed E-state index contributed by atoms with van der Waals surface area (Å²) in [6.07, 6.45) is 4.74. The summed E-state index contributed by atoms with van der Waals surface area (Å²) in [4.78, 5) is 19.0. The van der Waals surface area contributed by atoms with Crippen LogP contribution in [-0.2, 0) is 6.54 Å². The van der Waals surface area contributed by atoms with E-state index in [0.717, 1.165) is 16.9 Å². The summed E-state index contributed by atoms with van der Waals surface area (Å²) in [5.41, 5.74) is 1.54. The van der Waals surface area contributed by atoms with Gasteiger partial charge >= 0.3 is 0 Å². The Morgan fingerprint density at radius 1 is 0.960 bits per heavy atom. The molecule has 3 rings (SSSR count). The molecule has 25 heavy (non-hydrogen) atoms. The van der Waals surface area contributed by atoms with E-state index in [1.54, 1.807) is 27.5 Å². The molecular weight excluding hydrogens is 322 g/mol. The monoisotopic (exact) mass is 341 g/mol. The van der Waals surface area contributed by atoms with Crippen molar-refractivity contribution in [3.8, 4) is 17.2 Å². The van der Waals surface area contributed by atoms with E-state index in [9.17, 15) is 0 Å². The van der Waals surface area contributed by atoms with Gasteiger partial charge in [0.15, 0.2) is 11.5 Å². The Hall–Kier alpha value is -3.16. The van der Waals surface area contributed by atoms with Crippen LogP contribution in [0.2, 0.25) is 0 Å². The average molecular weight is 341 g/mol. The van der Waals surface area contributed by atoms with Crippen molar-refractivity contribution >= 4 is 16.7 Å². The lowest BCUT2D eigenvalue weighted by atomic mass is 10.1. The molecule has 8 nitrogen and oxygen atoms in total. The number of anilines is 1. The summed E-state index contributed by atoms with van der Waals surface area (Å²) in [6, 6.07) is 3.71. The number of ether oxygens (including phenoxy) is 3. The summed E-state index contributed by atoms with van der Waals surface area (Å²) >= 11 is 0. The molecule has 0 radical (unpaired) electrons. The number of hydrogen-bond donors (Lipinski definition) is 0. The summed E-state index contributed by atoms with van der Waals surface area (Å²) < 4.78 is 16.4. The van der Waals surface area contributed by atoms with Gasteiger partial charge in [0.1, 0.15) is 24.0 Å². The van der Waals surface area contributed by atoms with E-state index in [2.05, 4.69) is 19.9 Å². The third-order valence-corrected chi connectivity index (χ3v) is 3.82. The largest absolute Gasteiger partial charge is 0.493 e. The Labute approximate surface area is 145 Å². The van der Waals surface area contributed by atoms with Crippen molar-refractivity contribution in [2.75, 3.05) is 33.3 Å². The first kappa shape index (κ1) is 16.7. The van der Waals surface area contributed by atoms with E-state index in [4.69, 9.17) is 14.2 Å². The van der Waals surface area contributed by atoms with E-state index in [-0.39, 0.29) is 0 Å². The van der Waals surface area contributed by atoms with E-state index in [0.29, 0.717) is 29.3 Å². The highest BCUT2D eigenvalue weighted by molar-refractivity contribution is 5.96. The molecule has 0 atom stereocenters. The van der Waals surface area contributed by atoms with Crippen LogP contribution in [0.5, 0.6) is 17.2 Å². The van der Waals surface area contributed by atoms with Gasteiger partial charge in [-0.15, -0.1) is 0 Å². The lowest BCUT2D eigenvalue weighted by Gasteiger charge is -2.21. The maximum absolute atomic E-state index is 5.51. The molecule has 8 heteroatoms. The first-order valence-electron chi connectivity index (χ1n) is 7.59. The Bertz CT molecular complexity index is 873. The first-order valence-corrected chi connectivity index (χ1v) is 7.59. The van der Waals surface area contributed by atoms with Crippen LogP contribution in [0.1, 0.15) is 5.69 Å². The number of nitrogens with zero attached hydrogens (tertiary/aromatic N) is 5. The number of methoxy groups -OCH3 is 3. The minimum atomic E-state index is 0.501. The zero-order valence-corrected chi connectivity index (χ0v) is 14.6. The van der Waals surface area contributed by atoms with Crippen molar-refractivity contribution < 1.29 is 14.2 Å². The first-order chi connectivity index (χ1) is 12.2. The maximum atomic E-state index is 5.51. The fourth-order valence-corrected chi connectivity index (χ4v) is 2.68. The van der Waals surface area contributed by atoms with Crippen molar-refractivity contribution in [1.29, 1.82) is 0 Å². The predicted octanol–water partition coefficient (Wildman–Crippen LogP) is 2.08. The van der Waals surface area contributed by atoms with Crippen molar-refractivity contribution in [1.82, 2.24) is 19.9 Å². The average Bonchev–Trinajstić information content (AvgIpc) is 2.66. The van der Waals surface area contributed by atoms with E-state index in [1.807, 2.05) is 24.1 Å². The zero-order chi connectivity index (χ0) is 17.8. The minimum Gasteiger partial charge on any atom is -0.493 e. The van der Waals surface area contributed by atoms with Crippen molar-refractivity contribution in [3.63, 3.8) is 0 Å². The second-order valence-corrected chi connectivity index (χ2v) is 5.30. The van der Waals surface area contributed by atoms with Crippen molar-refractivity contribution in [2.45, 2.75) is 6.54 Å². The molecule has 0 aliphatic carbocycles. The zero-order valence-electron chi connectivity index (χ0n) is 14.6. The van der Waals surface area contributed by atoms with Crippen LogP contribution in [0.15, 0.2) is 31.0 Å². The molecule has 0 saturated carbocycles. The molecule has 0 bridgehead atoms. The number of aromatic nitrogens is 4. The number of fused-ring (bicyclic) bond motifs is 1. The van der Waals surface area contributed by atoms with Crippen LogP contribution in [0.3, 0.4) is 0 Å². The molecule has 1 aromatic carbocycles. The van der Waals surface area contributed by atoms with Gasteiger partial charge in [0.25, 0.3) is 0 Å². The van der Waals surface area contributed by atoms with Gasteiger partial charge in [-0.3, -0.25) is 0 Å². The summed E-state index contributed by atoms with van der Waals surface area (Å²) in [5, 5.41) is 0.800. The van der Waals surface area contributed by atoms with E-state index >= 15 is 0 Å². The molecule has 0 aliphatic rings. The van der Waals surface area contributed by atoms with E-state index < -0.39 is 0 Å². The molecule has 2 heterocycles. The minimum absolute atomic E-state index is 0.501. The van der Waals surface area contributed by atoms with Gasteiger partial charge in [0, 0.05) is 13.2 Å². The van der Waals surface area contributed by atoms with Gasteiger partial charge in [0.05, 0.1) is 39.0 Å². The molecular formula is C17H19N5O3. The SMILES string of the molecule is COc1cc2c(N(C)Cc3ccncn3)ncnc2c(OC)c1OC. The van der Waals surface area contributed by atoms with Crippen LogP contribution in [0.25, 0.3) is 10.9 Å². The molecule has 0 fully saturated rings. The summed E-state index contributed by atoms with van der Waals surface area (Å²) in [7, 11) is 6.66. The normalized spacial score (nSPS) is 10.6. The smallest absolute Gasteiger partial charge is 0.205 e. The van der Waals surface area contributed by atoms with Crippen molar-refractivity contribution in [2.24, 2.45) is 0 Å². The molecule has 0 amide bonds. The number of hydrogen-bond acceptors (Lipinski definition) is 8. The van der Waals surface area contributed by atoms with Crippen LogP contribution >= 0.6 is 0 Å². The lowest BCUT2D eigenvalue weighted by molar-refractivity contribution is 0.327. The lowest BCUT2D eigenvalue weighted by Crippen LogP contribution is -2.19. The number of benzene rings is 1.